The molecule has 1 aliphatic rings. The van der Waals surface area contributed by atoms with E-state index < -0.39 is 5.41 Å². The van der Waals surface area contributed by atoms with E-state index in [1.165, 1.54) is 0 Å². The van der Waals surface area contributed by atoms with Gasteiger partial charge in [0.1, 0.15) is 5.75 Å². The van der Waals surface area contributed by atoms with Crippen molar-refractivity contribution in [3.05, 3.63) is 84.2 Å². The van der Waals surface area contributed by atoms with Crippen molar-refractivity contribution in [1.29, 1.82) is 0 Å². The van der Waals surface area contributed by atoms with E-state index in [2.05, 4.69) is 17.1 Å². The highest BCUT2D eigenvalue weighted by molar-refractivity contribution is 5.96. The number of nitrogens with zero attached hydrogens (tertiary/aromatic N) is 3. The lowest BCUT2D eigenvalue weighted by Gasteiger charge is -2.32. The third-order valence-electron chi connectivity index (χ3n) is 6.34. The van der Waals surface area contributed by atoms with Crippen LogP contribution in [0, 0.1) is 5.41 Å². The van der Waals surface area contributed by atoms with Crippen molar-refractivity contribution >= 4 is 11.8 Å². The van der Waals surface area contributed by atoms with Gasteiger partial charge in [0.25, 0.3) is 5.91 Å². The number of rotatable bonds is 6. The minimum Gasteiger partial charge on any atom is -0.497 e. The summed E-state index contributed by atoms with van der Waals surface area (Å²) >= 11 is 0. The molecule has 6 nitrogen and oxygen atoms in total. The Bertz CT molecular complexity index is 1150. The Morgan fingerprint density at radius 3 is 2.64 bits per heavy atom. The molecule has 1 aliphatic heterocycles. The highest BCUT2D eigenvalue weighted by Gasteiger charge is 2.47. The first kappa shape index (κ1) is 22.5. The molecule has 4 rings (SSSR count). The number of carbonyl (C=O) groups is 2. The molecule has 170 valence electrons. The molecule has 0 saturated carbocycles. The van der Waals surface area contributed by atoms with E-state index in [0.29, 0.717) is 37.2 Å². The average Bonchev–Trinajstić information content (AvgIpc) is 3.29. The Morgan fingerprint density at radius 2 is 1.91 bits per heavy atom. The zero-order valence-corrected chi connectivity index (χ0v) is 19.3. The number of hydrogen-bond acceptors (Lipinski definition) is 4. The van der Waals surface area contributed by atoms with Crippen molar-refractivity contribution in [2.24, 2.45) is 5.41 Å². The molecule has 1 fully saturated rings. The lowest BCUT2D eigenvalue weighted by Crippen LogP contribution is -2.44. The second kappa shape index (κ2) is 9.45. The fourth-order valence-corrected chi connectivity index (χ4v) is 4.70. The number of methoxy groups -OCH3 is 1. The Labute approximate surface area is 194 Å². The summed E-state index contributed by atoms with van der Waals surface area (Å²) in [7, 11) is 5.15. The summed E-state index contributed by atoms with van der Waals surface area (Å²) in [5.41, 5.74) is 3.04. The van der Waals surface area contributed by atoms with E-state index in [0.717, 1.165) is 16.7 Å². The standard InChI is InChI=1S/C27H29N3O3/c1-29(2)26(32)27(17-21-8-4-5-12-24(21)22-10-7-14-28-18-22)13-15-30(19-27)25(31)20-9-6-11-23(16-20)33-3/h4-12,14,16,18H,13,15,17,19H2,1-3H3/t27-/m0/s1. The molecule has 2 aromatic carbocycles. The normalized spacial score (nSPS) is 17.6. The zero-order valence-electron chi connectivity index (χ0n) is 19.3. The minimum absolute atomic E-state index is 0.0458. The first-order chi connectivity index (χ1) is 15.9. The Balaban J connectivity index is 1.66. The summed E-state index contributed by atoms with van der Waals surface area (Å²) < 4.78 is 5.28. The van der Waals surface area contributed by atoms with Crippen LogP contribution in [0.3, 0.4) is 0 Å². The van der Waals surface area contributed by atoms with Gasteiger partial charge in [0.05, 0.1) is 12.5 Å². The van der Waals surface area contributed by atoms with Gasteiger partial charge in [0, 0.05) is 50.7 Å². The van der Waals surface area contributed by atoms with Gasteiger partial charge in [-0.15, -0.1) is 0 Å². The molecule has 0 N–H and O–H groups in total. The summed E-state index contributed by atoms with van der Waals surface area (Å²) in [5, 5.41) is 0. The Kier molecular flexibility index (Phi) is 6.45. The van der Waals surface area contributed by atoms with Gasteiger partial charge in [-0.2, -0.15) is 0 Å². The molecule has 1 aromatic heterocycles. The van der Waals surface area contributed by atoms with Crippen LogP contribution >= 0.6 is 0 Å². The fourth-order valence-electron chi connectivity index (χ4n) is 4.70. The van der Waals surface area contributed by atoms with Gasteiger partial charge in [-0.1, -0.05) is 36.4 Å². The van der Waals surface area contributed by atoms with Gasteiger partial charge >= 0.3 is 0 Å². The first-order valence-corrected chi connectivity index (χ1v) is 11.1. The van der Waals surface area contributed by atoms with Crippen LogP contribution in [-0.4, -0.2) is 60.9 Å². The van der Waals surface area contributed by atoms with Gasteiger partial charge in [-0.3, -0.25) is 14.6 Å². The van der Waals surface area contributed by atoms with E-state index >= 15 is 0 Å². The molecule has 0 aliphatic carbocycles. The Hall–Kier alpha value is -3.67. The summed E-state index contributed by atoms with van der Waals surface area (Å²) in [6.07, 6.45) is 4.76. The van der Waals surface area contributed by atoms with Crippen LogP contribution in [-0.2, 0) is 11.2 Å². The maximum Gasteiger partial charge on any atom is 0.254 e. The van der Waals surface area contributed by atoms with Crippen molar-refractivity contribution in [2.45, 2.75) is 12.8 Å². The smallest absolute Gasteiger partial charge is 0.254 e. The molecule has 2 heterocycles. The number of carbonyl (C=O) groups excluding carboxylic acids is 2. The average molecular weight is 444 g/mol. The van der Waals surface area contributed by atoms with Crippen molar-refractivity contribution in [1.82, 2.24) is 14.8 Å². The number of benzene rings is 2. The van der Waals surface area contributed by atoms with Crippen LogP contribution in [0.2, 0.25) is 0 Å². The molecular formula is C27H29N3O3. The SMILES string of the molecule is COc1cccc(C(=O)N2CC[C@@](Cc3ccccc3-c3cccnc3)(C(=O)N(C)C)C2)c1. The minimum atomic E-state index is -0.684. The molecule has 3 aromatic rings. The maximum absolute atomic E-state index is 13.5. The van der Waals surface area contributed by atoms with Gasteiger partial charge in [0.15, 0.2) is 0 Å². The van der Waals surface area contributed by atoms with E-state index in [1.54, 1.807) is 49.3 Å². The van der Waals surface area contributed by atoms with E-state index in [1.807, 2.05) is 42.6 Å². The highest BCUT2D eigenvalue weighted by atomic mass is 16.5. The maximum atomic E-state index is 13.5. The predicted molar refractivity (Wildman–Crippen MR) is 128 cm³/mol. The lowest BCUT2D eigenvalue weighted by molar-refractivity contribution is -0.138. The second-order valence-electron chi connectivity index (χ2n) is 8.76. The molecule has 33 heavy (non-hydrogen) atoms. The first-order valence-electron chi connectivity index (χ1n) is 11.1. The van der Waals surface area contributed by atoms with Crippen molar-refractivity contribution in [3.8, 4) is 16.9 Å². The van der Waals surface area contributed by atoms with Crippen LogP contribution in [0.5, 0.6) is 5.75 Å². The van der Waals surface area contributed by atoms with Crippen LogP contribution in [0.25, 0.3) is 11.1 Å². The van der Waals surface area contributed by atoms with Crippen molar-refractivity contribution in [2.75, 3.05) is 34.3 Å². The van der Waals surface area contributed by atoms with E-state index in [4.69, 9.17) is 4.74 Å². The largest absolute Gasteiger partial charge is 0.497 e. The fraction of sp³-hybridized carbons (Fsp3) is 0.296. The molecule has 0 bridgehead atoms. The monoisotopic (exact) mass is 443 g/mol. The summed E-state index contributed by atoms with van der Waals surface area (Å²) in [4.78, 5) is 34.5. The topological polar surface area (TPSA) is 62.7 Å². The summed E-state index contributed by atoms with van der Waals surface area (Å²) in [5.74, 6) is 0.605. The number of pyridine rings is 1. The number of aromatic nitrogens is 1. The van der Waals surface area contributed by atoms with Crippen molar-refractivity contribution < 1.29 is 14.3 Å². The summed E-state index contributed by atoms with van der Waals surface area (Å²) in [6.45, 7) is 0.909. The van der Waals surface area contributed by atoms with Crippen LogP contribution in [0.15, 0.2) is 73.1 Å². The molecule has 6 heteroatoms. The van der Waals surface area contributed by atoms with Gasteiger partial charge < -0.3 is 14.5 Å². The molecule has 0 spiro atoms. The van der Waals surface area contributed by atoms with Gasteiger partial charge in [-0.25, -0.2) is 0 Å². The molecular weight excluding hydrogens is 414 g/mol. The Morgan fingerprint density at radius 1 is 1.09 bits per heavy atom. The number of hydrogen-bond donors (Lipinski definition) is 0. The molecule has 1 saturated heterocycles. The van der Waals surface area contributed by atoms with Gasteiger partial charge in [0.2, 0.25) is 5.91 Å². The highest BCUT2D eigenvalue weighted by Crippen LogP contribution is 2.39. The van der Waals surface area contributed by atoms with Crippen LogP contribution < -0.4 is 4.74 Å². The zero-order chi connectivity index (χ0) is 23.4. The molecule has 2 amide bonds. The molecule has 0 unspecified atom stereocenters. The molecule has 0 radical (unpaired) electrons. The van der Waals surface area contributed by atoms with Crippen LogP contribution in [0.1, 0.15) is 22.3 Å². The van der Waals surface area contributed by atoms with Crippen molar-refractivity contribution in [3.63, 3.8) is 0 Å². The third kappa shape index (κ3) is 4.60. The quantitative estimate of drug-likeness (QED) is 0.579. The van der Waals surface area contributed by atoms with Gasteiger partial charge in [-0.05, 0) is 48.2 Å². The number of ether oxygens (including phenoxy) is 1. The number of amides is 2. The van der Waals surface area contributed by atoms with E-state index in [-0.39, 0.29) is 11.8 Å². The number of likely N-dealkylation sites (tertiary alicyclic amines) is 1. The third-order valence-corrected chi connectivity index (χ3v) is 6.34. The van der Waals surface area contributed by atoms with Crippen LogP contribution in [0.4, 0.5) is 0 Å². The lowest BCUT2D eigenvalue weighted by atomic mass is 9.78. The predicted octanol–water partition coefficient (Wildman–Crippen LogP) is 3.92. The summed E-state index contributed by atoms with van der Waals surface area (Å²) in [6, 6.07) is 19.2. The second-order valence-corrected chi connectivity index (χ2v) is 8.76. The molecule has 1 atom stereocenters. The van der Waals surface area contributed by atoms with E-state index in [9.17, 15) is 9.59 Å².